The Kier molecular flexibility index (Phi) is 2.14. The predicted molar refractivity (Wildman–Crippen MR) is 61.8 cm³/mol. The van der Waals surface area contributed by atoms with Gasteiger partial charge in [0.05, 0.1) is 5.56 Å². The molecule has 0 fully saturated rings. The summed E-state index contributed by atoms with van der Waals surface area (Å²) in [5.41, 5.74) is 6.47. The van der Waals surface area contributed by atoms with Gasteiger partial charge in [-0.05, 0) is 12.1 Å². The number of aromatic nitrogens is 3. The second-order valence-corrected chi connectivity index (χ2v) is 3.75. The first-order valence-electron chi connectivity index (χ1n) is 5.31. The molecule has 2 heterocycles. The Labute approximate surface area is 98.0 Å². The SMILES string of the molecule is Cn1nc(-c2cccc3c2OCCO3)nc1N. The van der Waals surface area contributed by atoms with Crippen LogP contribution in [0, 0.1) is 0 Å². The molecule has 6 nitrogen and oxygen atoms in total. The molecule has 0 saturated carbocycles. The van der Waals surface area contributed by atoms with Crippen molar-refractivity contribution < 1.29 is 9.47 Å². The van der Waals surface area contributed by atoms with Crippen LogP contribution in [0.15, 0.2) is 18.2 Å². The van der Waals surface area contributed by atoms with Gasteiger partial charge in [-0.25, -0.2) is 4.68 Å². The number of benzene rings is 1. The predicted octanol–water partition coefficient (Wildman–Crippen LogP) is 0.835. The van der Waals surface area contributed by atoms with E-state index in [0.717, 1.165) is 11.3 Å². The lowest BCUT2D eigenvalue weighted by atomic mass is 10.1. The van der Waals surface area contributed by atoms with Gasteiger partial charge in [0.2, 0.25) is 5.95 Å². The van der Waals surface area contributed by atoms with Crippen LogP contribution in [0.25, 0.3) is 11.4 Å². The van der Waals surface area contributed by atoms with Gasteiger partial charge in [-0.1, -0.05) is 6.07 Å². The molecule has 1 aliphatic rings. The largest absolute Gasteiger partial charge is 0.486 e. The standard InChI is InChI=1S/C11H12N4O2/c1-15-11(12)13-10(14-15)7-3-2-4-8-9(7)17-6-5-16-8/h2-4H,5-6H2,1H3,(H2,12,13,14). The van der Waals surface area contributed by atoms with Crippen molar-refractivity contribution in [3.05, 3.63) is 18.2 Å². The van der Waals surface area contributed by atoms with E-state index in [2.05, 4.69) is 10.1 Å². The number of nitrogens with two attached hydrogens (primary N) is 1. The Bertz CT molecular complexity index is 545. The number of para-hydroxylation sites is 1. The monoisotopic (exact) mass is 232 g/mol. The molecular weight excluding hydrogens is 220 g/mol. The zero-order valence-electron chi connectivity index (χ0n) is 9.38. The van der Waals surface area contributed by atoms with E-state index in [0.29, 0.717) is 30.7 Å². The molecule has 17 heavy (non-hydrogen) atoms. The average molecular weight is 232 g/mol. The first-order chi connectivity index (χ1) is 8.25. The highest BCUT2D eigenvalue weighted by Crippen LogP contribution is 2.38. The summed E-state index contributed by atoms with van der Waals surface area (Å²) in [6, 6.07) is 5.64. The van der Waals surface area contributed by atoms with Crippen molar-refractivity contribution in [2.75, 3.05) is 18.9 Å². The molecule has 6 heteroatoms. The first-order valence-corrected chi connectivity index (χ1v) is 5.31. The Morgan fingerprint density at radius 1 is 1.29 bits per heavy atom. The van der Waals surface area contributed by atoms with Crippen LogP contribution in [0.4, 0.5) is 5.95 Å². The van der Waals surface area contributed by atoms with Gasteiger partial charge in [-0.2, -0.15) is 4.98 Å². The number of ether oxygens (including phenoxy) is 2. The van der Waals surface area contributed by atoms with Crippen molar-refractivity contribution in [3.63, 3.8) is 0 Å². The van der Waals surface area contributed by atoms with Gasteiger partial charge < -0.3 is 15.2 Å². The molecule has 1 aromatic heterocycles. The van der Waals surface area contributed by atoms with E-state index in [1.807, 2.05) is 18.2 Å². The fraction of sp³-hybridized carbons (Fsp3) is 0.273. The smallest absolute Gasteiger partial charge is 0.218 e. The normalized spacial score (nSPS) is 13.7. The maximum atomic E-state index is 5.67. The number of fused-ring (bicyclic) bond motifs is 1. The Hall–Kier alpha value is -2.24. The van der Waals surface area contributed by atoms with Crippen LogP contribution in [0.1, 0.15) is 0 Å². The highest BCUT2D eigenvalue weighted by molar-refractivity contribution is 5.69. The summed E-state index contributed by atoms with van der Waals surface area (Å²) in [6.45, 7) is 1.10. The average Bonchev–Trinajstić information content (AvgIpc) is 2.69. The summed E-state index contributed by atoms with van der Waals surface area (Å²) in [6.07, 6.45) is 0. The number of anilines is 1. The summed E-state index contributed by atoms with van der Waals surface area (Å²) in [7, 11) is 1.75. The number of aryl methyl sites for hydroxylation is 1. The second kappa shape index (κ2) is 3.65. The van der Waals surface area contributed by atoms with Gasteiger partial charge >= 0.3 is 0 Å². The van der Waals surface area contributed by atoms with E-state index in [4.69, 9.17) is 15.2 Å². The van der Waals surface area contributed by atoms with E-state index < -0.39 is 0 Å². The summed E-state index contributed by atoms with van der Waals surface area (Å²) in [5, 5.41) is 4.23. The van der Waals surface area contributed by atoms with Crippen LogP contribution in [0.2, 0.25) is 0 Å². The summed E-state index contributed by atoms with van der Waals surface area (Å²) in [5.74, 6) is 2.32. The minimum absolute atomic E-state index is 0.370. The molecule has 0 atom stereocenters. The third kappa shape index (κ3) is 1.57. The topological polar surface area (TPSA) is 75.2 Å². The molecule has 1 aromatic carbocycles. The Morgan fingerprint density at radius 2 is 2.12 bits per heavy atom. The van der Waals surface area contributed by atoms with Crippen LogP contribution in [-0.2, 0) is 7.05 Å². The first kappa shape index (κ1) is 9.95. The number of nitrogens with zero attached hydrogens (tertiary/aromatic N) is 3. The fourth-order valence-corrected chi connectivity index (χ4v) is 1.76. The van der Waals surface area contributed by atoms with Crippen LogP contribution in [0.3, 0.4) is 0 Å². The number of nitrogen functional groups attached to an aromatic ring is 1. The Balaban J connectivity index is 2.14. The molecule has 0 unspecified atom stereocenters. The lowest BCUT2D eigenvalue weighted by Gasteiger charge is -2.19. The van der Waals surface area contributed by atoms with Crippen molar-refractivity contribution >= 4 is 5.95 Å². The van der Waals surface area contributed by atoms with Gasteiger partial charge in [-0.3, -0.25) is 0 Å². The highest BCUT2D eigenvalue weighted by Gasteiger charge is 2.19. The third-order valence-corrected chi connectivity index (χ3v) is 2.60. The van der Waals surface area contributed by atoms with Gasteiger partial charge in [0, 0.05) is 7.05 Å². The zero-order chi connectivity index (χ0) is 11.8. The molecule has 0 spiro atoms. The van der Waals surface area contributed by atoms with Crippen molar-refractivity contribution in [3.8, 4) is 22.9 Å². The minimum Gasteiger partial charge on any atom is -0.486 e. The van der Waals surface area contributed by atoms with E-state index in [-0.39, 0.29) is 0 Å². The van der Waals surface area contributed by atoms with Crippen LogP contribution in [-0.4, -0.2) is 28.0 Å². The number of hydrogen-bond donors (Lipinski definition) is 1. The molecule has 0 bridgehead atoms. The molecule has 1 aliphatic heterocycles. The van der Waals surface area contributed by atoms with Gasteiger partial charge in [0.25, 0.3) is 0 Å². The molecule has 2 aromatic rings. The highest BCUT2D eigenvalue weighted by atomic mass is 16.6. The maximum absolute atomic E-state index is 5.67. The maximum Gasteiger partial charge on any atom is 0.218 e. The lowest BCUT2D eigenvalue weighted by Crippen LogP contribution is -2.15. The van der Waals surface area contributed by atoms with Crippen molar-refractivity contribution in [2.45, 2.75) is 0 Å². The van der Waals surface area contributed by atoms with Gasteiger partial charge in [0.15, 0.2) is 17.3 Å². The summed E-state index contributed by atoms with van der Waals surface area (Å²) < 4.78 is 12.6. The van der Waals surface area contributed by atoms with Crippen LogP contribution < -0.4 is 15.2 Å². The molecule has 88 valence electrons. The summed E-state index contributed by atoms with van der Waals surface area (Å²) in [4.78, 5) is 4.18. The molecule has 0 aliphatic carbocycles. The third-order valence-electron chi connectivity index (χ3n) is 2.60. The van der Waals surface area contributed by atoms with E-state index in [9.17, 15) is 0 Å². The van der Waals surface area contributed by atoms with E-state index in [1.54, 1.807) is 7.05 Å². The van der Waals surface area contributed by atoms with E-state index >= 15 is 0 Å². The molecular formula is C11H12N4O2. The fourth-order valence-electron chi connectivity index (χ4n) is 1.76. The van der Waals surface area contributed by atoms with Crippen molar-refractivity contribution in [1.29, 1.82) is 0 Å². The second-order valence-electron chi connectivity index (χ2n) is 3.75. The van der Waals surface area contributed by atoms with E-state index in [1.165, 1.54) is 4.68 Å². The van der Waals surface area contributed by atoms with Crippen LogP contribution >= 0.6 is 0 Å². The number of rotatable bonds is 1. The molecule has 0 saturated heterocycles. The molecule has 2 N–H and O–H groups in total. The van der Waals surface area contributed by atoms with Gasteiger partial charge in [0.1, 0.15) is 13.2 Å². The quantitative estimate of drug-likeness (QED) is 0.788. The minimum atomic E-state index is 0.370. The van der Waals surface area contributed by atoms with Crippen LogP contribution in [0.5, 0.6) is 11.5 Å². The van der Waals surface area contributed by atoms with Crippen molar-refractivity contribution in [2.24, 2.45) is 7.05 Å². The molecule has 0 amide bonds. The Morgan fingerprint density at radius 3 is 2.88 bits per heavy atom. The molecule has 3 rings (SSSR count). The molecule has 0 radical (unpaired) electrons. The lowest BCUT2D eigenvalue weighted by molar-refractivity contribution is 0.172. The zero-order valence-corrected chi connectivity index (χ0v) is 9.38. The van der Waals surface area contributed by atoms with Crippen molar-refractivity contribution in [1.82, 2.24) is 14.8 Å². The summed E-state index contributed by atoms with van der Waals surface area (Å²) >= 11 is 0. The van der Waals surface area contributed by atoms with Gasteiger partial charge in [-0.15, -0.1) is 5.10 Å². The number of hydrogen-bond acceptors (Lipinski definition) is 5.